The zero-order valence-electron chi connectivity index (χ0n) is 18.9. The zero-order valence-corrected chi connectivity index (χ0v) is 21.1. The molecule has 0 saturated heterocycles. The summed E-state index contributed by atoms with van der Waals surface area (Å²) in [7, 11) is 0. The van der Waals surface area contributed by atoms with Gasteiger partial charge >= 0.3 is 0 Å². The number of rotatable bonds is 9. The Morgan fingerprint density at radius 3 is 2.47 bits per heavy atom. The fourth-order valence-corrected chi connectivity index (χ4v) is 4.06. The number of ether oxygens (including phenoxy) is 2. The van der Waals surface area contributed by atoms with Crippen molar-refractivity contribution in [1.82, 2.24) is 0 Å². The van der Waals surface area contributed by atoms with Gasteiger partial charge in [0.15, 0.2) is 18.1 Å². The fraction of sp³-hybridized carbons (Fsp3) is 0.269. The molecule has 32 heavy (non-hydrogen) atoms. The van der Waals surface area contributed by atoms with Crippen molar-refractivity contribution in [2.24, 2.45) is 0 Å². The number of aryl methyl sites for hydroxylation is 3. The van der Waals surface area contributed by atoms with Crippen LogP contribution in [0.25, 0.3) is 0 Å². The normalized spacial score (nSPS) is 10.5. The predicted octanol–water partition coefficient (Wildman–Crippen LogP) is 6.24. The van der Waals surface area contributed by atoms with Crippen LogP contribution < -0.4 is 20.1 Å². The molecule has 3 rings (SSSR count). The van der Waals surface area contributed by atoms with E-state index in [4.69, 9.17) is 9.47 Å². The number of carbonyl (C=O) groups excluding carboxylic acids is 1. The summed E-state index contributed by atoms with van der Waals surface area (Å²) in [5, 5.41) is 6.33. The Hall–Kier alpha value is -2.74. The highest BCUT2D eigenvalue weighted by Crippen LogP contribution is 2.34. The van der Waals surface area contributed by atoms with E-state index >= 15 is 0 Å². The maximum Gasteiger partial charge on any atom is 0.262 e. The average Bonchev–Trinajstić information content (AvgIpc) is 2.74. The van der Waals surface area contributed by atoms with Crippen LogP contribution in [-0.4, -0.2) is 19.1 Å². The van der Waals surface area contributed by atoms with Gasteiger partial charge < -0.3 is 20.1 Å². The molecule has 1 amide bonds. The Morgan fingerprint density at radius 2 is 1.75 bits per heavy atom. The van der Waals surface area contributed by atoms with Crippen LogP contribution in [0.5, 0.6) is 11.5 Å². The quantitative estimate of drug-likeness (QED) is 0.313. The monoisotopic (exact) mass is 544 g/mol. The third-order valence-electron chi connectivity index (χ3n) is 5.02. The Labute approximate surface area is 203 Å². The van der Waals surface area contributed by atoms with Crippen LogP contribution in [-0.2, 0) is 11.3 Å². The molecule has 0 aromatic heterocycles. The third kappa shape index (κ3) is 6.63. The molecule has 0 heterocycles. The van der Waals surface area contributed by atoms with E-state index in [-0.39, 0.29) is 12.5 Å². The predicted molar refractivity (Wildman–Crippen MR) is 139 cm³/mol. The number of hydrogen-bond donors (Lipinski definition) is 2. The van der Waals surface area contributed by atoms with Crippen molar-refractivity contribution in [2.45, 2.75) is 34.2 Å². The van der Waals surface area contributed by atoms with Gasteiger partial charge in [0.1, 0.15) is 0 Å². The summed E-state index contributed by atoms with van der Waals surface area (Å²) in [6.07, 6.45) is 0. The van der Waals surface area contributed by atoms with E-state index in [0.717, 1.165) is 26.1 Å². The second kappa shape index (κ2) is 11.2. The van der Waals surface area contributed by atoms with Crippen LogP contribution >= 0.6 is 22.6 Å². The fourth-order valence-electron chi connectivity index (χ4n) is 3.24. The van der Waals surface area contributed by atoms with Crippen LogP contribution in [0, 0.1) is 24.3 Å². The number of halogens is 1. The van der Waals surface area contributed by atoms with Gasteiger partial charge in [-0.3, -0.25) is 4.79 Å². The molecule has 0 aliphatic rings. The molecule has 0 fully saturated rings. The minimum atomic E-state index is -0.214. The molecule has 5 nitrogen and oxygen atoms in total. The van der Waals surface area contributed by atoms with Crippen molar-refractivity contribution < 1.29 is 14.3 Å². The molecule has 0 bridgehead atoms. The summed E-state index contributed by atoms with van der Waals surface area (Å²) in [5.41, 5.74) is 6.53. The van der Waals surface area contributed by atoms with E-state index in [2.05, 4.69) is 65.3 Å². The molecular weight excluding hydrogens is 515 g/mol. The Balaban J connectivity index is 1.67. The van der Waals surface area contributed by atoms with E-state index in [1.807, 2.05) is 50.2 Å². The van der Waals surface area contributed by atoms with Gasteiger partial charge in [0.05, 0.1) is 10.2 Å². The van der Waals surface area contributed by atoms with Gasteiger partial charge in [-0.1, -0.05) is 18.2 Å². The average molecular weight is 544 g/mol. The molecule has 0 aliphatic heterocycles. The highest BCUT2D eigenvalue weighted by molar-refractivity contribution is 14.1. The summed E-state index contributed by atoms with van der Waals surface area (Å²) in [6, 6.07) is 18.0. The number of carbonyl (C=O) groups is 1. The molecule has 0 spiro atoms. The summed E-state index contributed by atoms with van der Waals surface area (Å²) < 4.78 is 12.6. The van der Waals surface area contributed by atoms with Gasteiger partial charge in [-0.05, 0) is 109 Å². The molecule has 0 radical (unpaired) electrons. The largest absolute Gasteiger partial charge is 0.490 e. The second-order valence-corrected chi connectivity index (χ2v) is 8.86. The number of amides is 1. The highest BCUT2D eigenvalue weighted by atomic mass is 127. The lowest BCUT2D eigenvalue weighted by Crippen LogP contribution is -2.20. The van der Waals surface area contributed by atoms with Gasteiger partial charge in [-0.15, -0.1) is 0 Å². The molecule has 0 atom stereocenters. The lowest BCUT2D eigenvalue weighted by atomic mass is 10.1. The maximum atomic E-state index is 12.4. The maximum absolute atomic E-state index is 12.4. The smallest absolute Gasteiger partial charge is 0.262 e. The van der Waals surface area contributed by atoms with Crippen LogP contribution in [0.2, 0.25) is 0 Å². The lowest BCUT2D eigenvalue weighted by Gasteiger charge is -2.16. The van der Waals surface area contributed by atoms with Crippen molar-refractivity contribution in [1.29, 1.82) is 0 Å². The lowest BCUT2D eigenvalue weighted by molar-refractivity contribution is -0.118. The molecule has 0 saturated carbocycles. The number of hydrogen-bond acceptors (Lipinski definition) is 4. The standard InChI is InChI=1S/C26H29IN2O3/c1-5-31-24-14-20(15-28-21-10-9-18(3)19(4)12-21)13-23(27)26(24)32-16-25(30)29-22-8-6-7-17(2)11-22/h6-14,28H,5,15-16H2,1-4H3,(H,29,30). The molecule has 0 unspecified atom stereocenters. The minimum Gasteiger partial charge on any atom is -0.490 e. The van der Waals surface area contributed by atoms with Gasteiger partial charge in [0, 0.05) is 17.9 Å². The van der Waals surface area contributed by atoms with Crippen LogP contribution in [0.3, 0.4) is 0 Å². The minimum absolute atomic E-state index is 0.0930. The molecule has 2 N–H and O–H groups in total. The summed E-state index contributed by atoms with van der Waals surface area (Å²) in [6.45, 7) is 9.21. The van der Waals surface area contributed by atoms with Crippen LogP contribution in [0.4, 0.5) is 11.4 Å². The molecule has 6 heteroatoms. The van der Waals surface area contributed by atoms with Gasteiger partial charge in [0.25, 0.3) is 5.91 Å². The summed E-state index contributed by atoms with van der Waals surface area (Å²) in [4.78, 5) is 12.4. The van der Waals surface area contributed by atoms with Crippen molar-refractivity contribution in [2.75, 3.05) is 23.8 Å². The van der Waals surface area contributed by atoms with Gasteiger partial charge in [-0.25, -0.2) is 0 Å². The number of benzene rings is 3. The number of anilines is 2. The first kappa shape index (κ1) is 23.9. The van der Waals surface area contributed by atoms with Crippen LogP contribution in [0.1, 0.15) is 29.2 Å². The number of nitrogens with one attached hydrogen (secondary N) is 2. The van der Waals surface area contributed by atoms with E-state index < -0.39 is 0 Å². The first-order chi connectivity index (χ1) is 15.4. The first-order valence-corrected chi connectivity index (χ1v) is 11.7. The van der Waals surface area contributed by atoms with E-state index in [1.165, 1.54) is 11.1 Å². The van der Waals surface area contributed by atoms with Crippen molar-refractivity contribution >= 4 is 39.9 Å². The van der Waals surface area contributed by atoms with Crippen molar-refractivity contribution in [3.05, 3.63) is 80.4 Å². The topological polar surface area (TPSA) is 59.6 Å². The summed E-state index contributed by atoms with van der Waals surface area (Å²) >= 11 is 2.23. The van der Waals surface area contributed by atoms with Gasteiger partial charge in [0.2, 0.25) is 0 Å². The van der Waals surface area contributed by atoms with E-state index in [1.54, 1.807) is 0 Å². The Kier molecular flexibility index (Phi) is 8.39. The molecule has 168 valence electrons. The first-order valence-electron chi connectivity index (χ1n) is 10.6. The van der Waals surface area contributed by atoms with Crippen molar-refractivity contribution in [3.63, 3.8) is 0 Å². The third-order valence-corrected chi connectivity index (χ3v) is 5.82. The Bertz CT molecular complexity index is 1100. The molecule has 0 aliphatic carbocycles. The van der Waals surface area contributed by atoms with Gasteiger partial charge in [-0.2, -0.15) is 0 Å². The molecule has 3 aromatic rings. The molecule has 3 aromatic carbocycles. The van der Waals surface area contributed by atoms with E-state index in [0.29, 0.717) is 24.7 Å². The van der Waals surface area contributed by atoms with Crippen molar-refractivity contribution in [3.8, 4) is 11.5 Å². The van der Waals surface area contributed by atoms with E-state index in [9.17, 15) is 4.79 Å². The van der Waals surface area contributed by atoms with Crippen LogP contribution in [0.15, 0.2) is 54.6 Å². The zero-order chi connectivity index (χ0) is 23.1. The molecular formula is C26H29IN2O3. The Morgan fingerprint density at radius 1 is 0.938 bits per heavy atom. The highest BCUT2D eigenvalue weighted by Gasteiger charge is 2.14. The SMILES string of the molecule is CCOc1cc(CNc2ccc(C)c(C)c2)cc(I)c1OCC(=O)Nc1cccc(C)c1. The second-order valence-electron chi connectivity index (χ2n) is 7.70. The summed E-state index contributed by atoms with van der Waals surface area (Å²) in [5.74, 6) is 1.01.